The molecule has 10 heteroatoms. The molecule has 0 aliphatic carbocycles. The van der Waals surface area contributed by atoms with Crippen molar-refractivity contribution in [1.82, 2.24) is 15.0 Å². The second-order valence-electron chi connectivity index (χ2n) is 8.40. The van der Waals surface area contributed by atoms with E-state index in [-0.39, 0.29) is 10.7 Å². The summed E-state index contributed by atoms with van der Waals surface area (Å²) in [5, 5.41) is 3.85. The van der Waals surface area contributed by atoms with Crippen LogP contribution >= 0.6 is 30.3 Å². The van der Waals surface area contributed by atoms with Gasteiger partial charge >= 0.3 is 0 Å². The van der Waals surface area contributed by atoms with Gasteiger partial charge in [-0.15, -0.1) is 0 Å². The largest absolute Gasteiger partial charge is 0.375 e. The van der Waals surface area contributed by atoms with E-state index in [4.69, 9.17) is 23.2 Å². The molecule has 4 rings (SSSR count). The number of nitrogens with one attached hydrogen (secondary N) is 1. The Morgan fingerprint density at radius 2 is 1.79 bits per heavy atom. The Balaban J connectivity index is 1.83. The van der Waals surface area contributed by atoms with Gasteiger partial charge in [0.15, 0.2) is 5.82 Å². The number of fused-ring (bicyclic) bond motifs is 1. The molecule has 5 nitrogen and oxygen atoms in total. The Kier molecular flexibility index (Phi) is 6.65. The number of rotatable bonds is 5. The molecule has 0 aliphatic rings. The fourth-order valence-electron chi connectivity index (χ4n) is 3.57. The number of nitrogens with zero attached hydrogens (tertiary/aromatic N) is 3. The van der Waals surface area contributed by atoms with Crippen molar-refractivity contribution in [2.45, 2.75) is 19.9 Å². The Morgan fingerprint density at radius 3 is 2.41 bits per heavy atom. The van der Waals surface area contributed by atoms with Crippen LogP contribution in [0.2, 0.25) is 10.0 Å². The number of aryl methyl sites for hydroxylation is 1. The monoisotopic (exact) mass is 520 g/mol. The van der Waals surface area contributed by atoms with Crippen molar-refractivity contribution in [1.29, 1.82) is 0 Å². The van der Waals surface area contributed by atoms with E-state index in [9.17, 15) is 8.96 Å². The Labute approximate surface area is 205 Å². The number of halogens is 4. The van der Waals surface area contributed by atoms with Gasteiger partial charge in [-0.05, 0) is 63.1 Å². The van der Waals surface area contributed by atoms with E-state index in [1.165, 1.54) is 24.4 Å². The molecule has 0 aliphatic heterocycles. The molecule has 176 valence electrons. The number of aromatic nitrogens is 3. The Bertz CT molecular complexity index is 1440. The average Bonchev–Trinajstić information content (AvgIpc) is 2.75. The number of pyridine rings is 3. The maximum absolute atomic E-state index is 15.0. The van der Waals surface area contributed by atoms with E-state index in [0.29, 0.717) is 44.0 Å². The first-order valence-electron chi connectivity index (χ1n) is 10.3. The number of anilines is 1. The SMILES string of the molecule is Cc1nc2cc(F)c(-c3ccc(P(C)(C)=O)nc3)nc2c(N[C@H](C)c2cc(F)cc(Cl)c2)c1Cl. The molecule has 0 fully saturated rings. The van der Waals surface area contributed by atoms with Gasteiger partial charge in [-0.3, -0.25) is 4.98 Å². The van der Waals surface area contributed by atoms with Crippen molar-refractivity contribution >= 4 is 52.5 Å². The molecular formula is C24H21Cl2F2N4OP. The zero-order valence-electron chi connectivity index (χ0n) is 18.8. The summed E-state index contributed by atoms with van der Waals surface area (Å²) in [6.07, 6.45) is 1.44. The summed E-state index contributed by atoms with van der Waals surface area (Å²) in [6.45, 7) is 6.76. The van der Waals surface area contributed by atoms with Gasteiger partial charge in [0.05, 0.1) is 27.4 Å². The summed E-state index contributed by atoms with van der Waals surface area (Å²) in [5.74, 6) is -1.04. The first kappa shape index (κ1) is 24.5. The Morgan fingerprint density at radius 1 is 1.06 bits per heavy atom. The van der Waals surface area contributed by atoms with Crippen LogP contribution < -0.4 is 10.8 Å². The lowest BCUT2D eigenvalue weighted by Crippen LogP contribution is -2.10. The van der Waals surface area contributed by atoms with Gasteiger partial charge in [0.2, 0.25) is 0 Å². The molecule has 0 spiro atoms. The normalized spacial score (nSPS) is 12.7. The van der Waals surface area contributed by atoms with Crippen molar-refractivity contribution in [3.05, 3.63) is 75.5 Å². The molecular weight excluding hydrogens is 500 g/mol. The third-order valence-corrected chi connectivity index (χ3v) is 7.39. The first-order valence-corrected chi connectivity index (χ1v) is 13.7. The number of hydrogen-bond donors (Lipinski definition) is 1. The Hall–Kier alpha value is -2.60. The van der Waals surface area contributed by atoms with Crippen LogP contribution in [0.15, 0.2) is 42.6 Å². The van der Waals surface area contributed by atoms with Crippen LogP contribution in [0, 0.1) is 18.6 Å². The average molecular weight is 521 g/mol. The van der Waals surface area contributed by atoms with E-state index < -0.39 is 24.8 Å². The van der Waals surface area contributed by atoms with Crippen LogP contribution in [0.5, 0.6) is 0 Å². The number of hydrogen-bond acceptors (Lipinski definition) is 5. The van der Waals surface area contributed by atoms with Crippen molar-refractivity contribution < 1.29 is 13.3 Å². The van der Waals surface area contributed by atoms with E-state index in [1.807, 2.05) is 6.92 Å². The fraction of sp³-hybridized carbons (Fsp3) is 0.208. The highest BCUT2D eigenvalue weighted by molar-refractivity contribution is 7.69. The van der Waals surface area contributed by atoms with Crippen LogP contribution in [-0.2, 0) is 4.57 Å². The second kappa shape index (κ2) is 9.21. The molecule has 3 aromatic heterocycles. The van der Waals surface area contributed by atoms with Crippen LogP contribution in [-0.4, -0.2) is 28.3 Å². The minimum absolute atomic E-state index is 0.0554. The summed E-state index contributed by atoms with van der Waals surface area (Å²) in [7, 11) is -2.55. The summed E-state index contributed by atoms with van der Waals surface area (Å²) in [4.78, 5) is 13.1. The lowest BCUT2D eigenvalue weighted by atomic mass is 10.1. The quantitative estimate of drug-likeness (QED) is 0.287. The number of benzene rings is 1. The van der Waals surface area contributed by atoms with Gasteiger partial charge in [0.1, 0.15) is 24.2 Å². The molecule has 0 radical (unpaired) electrons. The van der Waals surface area contributed by atoms with E-state index in [2.05, 4.69) is 20.3 Å². The highest BCUT2D eigenvalue weighted by atomic mass is 35.5. The molecule has 1 atom stereocenters. The molecule has 0 bridgehead atoms. The summed E-state index contributed by atoms with van der Waals surface area (Å²) >= 11 is 12.6. The van der Waals surface area contributed by atoms with Crippen molar-refractivity contribution in [3.8, 4) is 11.3 Å². The molecule has 1 N–H and O–H groups in total. The zero-order valence-corrected chi connectivity index (χ0v) is 21.2. The highest BCUT2D eigenvalue weighted by Crippen LogP contribution is 2.37. The second-order valence-corrected chi connectivity index (χ2v) is 12.4. The molecule has 1 aromatic carbocycles. The molecule has 0 saturated heterocycles. The van der Waals surface area contributed by atoms with Gasteiger partial charge in [-0.2, -0.15) is 0 Å². The zero-order chi connectivity index (χ0) is 24.8. The maximum atomic E-state index is 15.0. The smallest absolute Gasteiger partial charge is 0.151 e. The topological polar surface area (TPSA) is 67.8 Å². The molecule has 34 heavy (non-hydrogen) atoms. The van der Waals surface area contributed by atoms with Gasteiger partial charge < -0.3 is 9.88 Å². The third kappa shape index (κ3) is 4.92. The molecule has 0 unspecified atom stereocenters. The van der Waals surface area contributed by atoms with Crippen molar-refractivity contribution in [2.24, 2.45) is 0 Å². The molecule has 0 amide bonds. The lowest BCUT2D eigenvalue weighted by Gasteiger charge is -2.20. The summed E-state index contributed by atoms with van der Waals surface area (Å²) in [6, 6.07) is 8.38. The third-order valence-electron chi connectivity index (χ3n) is 5.34. The summed E-state index contributed by atoms with van der Waals surface area (Å²) < 4.78 is 41.2. The maximum Gasteiger partial charge on any atom is 0.151 e. The van der Waals surface area contributed by atoms with Crippen molar-refractivity contribution in [2.75, 3.05) is 18.6 Å². The first-order chi connectivity index (χ1) is 15.9. The van der Waals surface area contributed by atoms with Gasteiger partial charge in [-0.1, -0.05) is 23.2 Å². The minimum Gasteiger partial charge on any atom is -0.375 e. The van der Waals surface area contributed by atoms with E-state index in [1.54, 1.807) is 38.5 Å². The predicted molar refractivity (Wildman–Crippen MR) is 135 cm³/mol. The van der Waals surface area contributed by atoms with E-state index >= 15 is 4.39 Å². The molecule has 3 heterocycles. The predicted octanol–water partition coefficient (Wildman–Crippen LogP) is 7.01. The van der Waals surface area contributed by atoms with Crippen LogP contribution in [0.4, 0.5) is 14.5 Å². The minimum atomic E-state index is -2.55. The van der Waals surface area contributed by atoms with Gasteiger partial charge in [0, 0.05) is 28.9 Å². The van der Waals surface area contributed by atoms with Crippen LogP contribution in [0.1, 0.15) is 24.2 Å². The summed E-state index contributed by atoms with van der Waals surface area (Å²) in [5.41, 5.74) is 3.12. The van der Waals surface area contributed by atoms with Crippen LogP contribution in [0.25, 0.3) is 22.3 Å². The van der Waals surface area contributed by atoms with Crippen molar-refractivity contribution in [3.63, 3.8) is 0 Å². The fourth-order valence-corrected chi connectivity index (χ4v) is 4.75. The van der Waals surface area contributed by atoms with Crippen LogP contribution in [0.3, 0.4) is 0 Å². The molecule has 4 aromatic rings. The van der Waals surface area contributed by atoms with Gasteiger partial charge in [0.25, 0.3) is 0 Å². The standard InChI is InChI=1S/C24H21Cl2F2N4OP/c1-12(15-7-16(25)9-17(27)8-15)31-24-21(26)13(2)30-19-10-18(28)22(32-23(19)24)14-5-6-20(29-11-14)34(3,4)33/h5-12H,1-4H3,(H,30,31)/t12-/m1/s1. The lowest BCUT2D eigenvalue weighted by molar-refractivity contribution is 0.588. The molecule has 0 saturated carbocycles. The van der Waals surface area contributed by atoms with E-state index in [0.717, 1.165) is 0 Å². The highest BCUT2D eigenvalue weighted by Gasteiger charge is 2.20. The van der Waals surface area contributed by atoms with Gasteiger partial charge in [-0.25, -0.2) is 18.7 Å².